The summed E-state index contributed by atoms with van der Waals surface area (Å²) in [7, 11) is 1.82. The van der Waals surface area contributed by atoms with E-state index in [2.05, 4.69) is 54.5 Å². The third-order valence-corrected chi connectivity index (χ3v) is 4.73. The second-order valence-corrected chi connectivity index (χ2v) is 7.43. The molecule has 2 aromatic rings. The number of benzene rings is 2. The van der Waals surface area contributed by atoms with Crippen molar-refractivity contribution >= 4 is 60.4 Å². The molecule has 0 aliphatic carbocycles. The standard InChI is InChI=1S/C15H12Br2INO/c1-19(9-10-2-4-11(16)5-3-10)15(20)13-8-12(18)6-7-14(13)17/h2-8H,9H2,1H3. The Morgan fingerprint density at radius 2 is 1.80 bits per heavy atom. The number of nitrogens with zero attached hydrogens (tertiary/aromatic N) is 1. The Labute approximate surface area is 149 Å². The van der Waals surface area contributed by atoms with Crippen molar-refractivity contribution < 1.29 is 4.79 Å². The van der Waals surface area contributed by atoms with Crippen LogP contribution in [0.15, 0.2) is 51.4 Å². The van der Waals surface area contributed by atoms with Crippen molar-refractivity contribution in [2.24, 2.45) is 0 Å². The van der Waals surface area contributed by atoms with Crippen LogP contribution in [0, 0.1) is 3.57 Å². The summed E-state index contributed by atoms with van der Waals surface area (Å²) in [6, 6.07) is 13.8. The molecule has 0 aromatic heterocycles. The monoisotopic (exact) mass is 507 g/mol. The highest BCUT2D eigenvalue weighted by Crippen LogP contribution is 2.21. The highest BCUT2D eigenvalue weighted by molar-refractivity contribution is 14.1. The maximum absolute atomic E-state index is 12.5. The largest absolute Gasteiger partial charge is 0.337 e. The Bertz CT molecular complexity index is 628. The highest BCUT2D eigenvalue weighted by atomic mass is 127. The summed E-state index contributed by atoms with van der Waals surface area (Å²) < 4.78 is 2.91. The van der Waals surface area contributed by atoms with Crippen LogP contribution in [-0.4, -0.2) is 17.9 Å². The minimum absolute atomic E-state index is 0.0123. The van der Waals surface area contributed by atoms with E-state index in [4.69, 9.17) is 0 Å². The lowest BCUT2D eigenvalue weighted by molar-refractivity contribution is 0.0784. The van der Waals surface area contributed by atoms with Crippen LogP contribution in [0.4, 0.5) is 0 Å². The molecule has 0 fully saturated rings. The fourth-order valence-corrected chi connectivity index (χ4v) is 2.97. The van der Waals surface area contributed by atoms with Gasteiger partial charge in [0, 0.05) is 26.1 Å². The Hall–Kier alpha value is -0.400. The molecule has 0 spiro atoms. The molecule has 0 unspecified atom stereocenters. The minimum Gasteiger partial charge on any atom is -0.337 e. The van der Waals surface area contributed by atoms with Crippen LogP contribution < -0.4 is 0 Å². The molecule has 0 heterocycles. The van der Waals surface area contributed by atoms with Crippen LogP contribution >= 0.6 is 54.5 Å². The van der Waals surface area contributed by atoms with E-state index < -0.39 is 0 Å². The number of halogens is 3. The number of amides is 1. The second kappa shape index (κ2) is 7.04. The molecule has 20 heavy (non-hydrogen) atoms. The molecule has 2 aromatic carbocycles. The summed E-state index contributed by atoms with van der Waals surface area (Å²) in [5.41, 5.74) is 1.79. The lowest BCUT2D eigenvalue weighted by Gasteiger charge is -2.18. The molecular formula is C15H12Br2INO. The van der Waals surface area contributed by atoms with Crippen molar-refractivity contribution in [3.05, 3.63) is 66.1 Å². The number of carbonyl (C=O) groups is 1. The molecule has 0 aliphatic heterocycles. The van der Waals surface area contributed by atoms with Crippen molar-refractivity contribution in [3.8, 4) is 0 Å². The molecular weight excluding hydrogens is 497 g/mol. The zero-order valence-electron chi connectivity index (χ0n) is 10.7. The van der Waals surface area contributed by atoms with E-state index in [1.54, 1.807) is 4.90 Å². The topological polar surface area (TPSA) is 20.3 Å². The smallest absolute Gasteiger partial charge is 0.255 e. The number of rotatable bonds is 3. The van der Waals surface area contributed by atoms with Crippen LogP contribution in [0.3, 0.4) is 0 Å². The third kappa shape index (κ3) is 4.05. The first-order valence-electron chi connectivity index (χ1n) is 5.92. The van der Waals surface area contributed by atoms with Crippen LogP contribution in [0.1, 0.15) is 15.9 Å². The Kier molecular flexibility index (Phi) is 5.63. The third-order valence-electron chi connectivity index (χ3n) is 2.84. The Balaban J connectivity index is 2.16. The van der Waals surface area contributed by atoms with Gasteiger partial charge in [-0.05, 0) is 74.4 Å². The van der Waals surface area contributed by atoms with Crippen molar-refractivity contribution in [2.75, 3.05) is 7.05 Å². The molecule has 0 aliphatic rings. The molecule has 0 saturated carbocycles. The van der Waals surface area contributed by atoms with Crippen LogP contribution in [0.2, 0.25) is 0 Å². The van der Waals surface area contributed by atoms with Gasteiger partial charge < -0.3 is 4.90 Å². The predicted octanol–water partition coefficient (Wildman–Crippen LogP) is 5.09. The molecule has 5 heteroatoms. The number of hydrogen-bond acceptors (Lipinski definition) is 1. The lowest BCUT2D eigenvalue weighted by atomic mass is 10.1. The molecule has 0 saturated heterocycles. The molecule has 0 radical (unpaired) electrons. The zero-order chi connectivity index (χ0) is 14.7. The fourth-order valence-electron chi connectivity index (χ4n) is 1.80. The maximum atomic E-state index is 12.5. The van der Waals surface area contributed by atoms with E-state index in [-0.39, 0.29) is 5.91 Å². The summed E-state index contributed by atoms with van der Waals surface area (Å²) in [5, 5.41) is 0. The normalized spacial score (nSPS) is 10.4. The summed E-state index contributed by atoms with van der Waals surface area (Å²) in [6.07, 6.45) is 0. The van der Waals surface area contributed by atoms with Crippen molar-refractivity contribution in [1.82, 2.24) is 4.90 Å². The van der Waals surface area contributed by atoms with E-state index in [1.807, 2.05) is 49.5 Å². The summed E-state index contributed by atoms with van der Waals surface area (Å²) in [5.74, 6) is 0.0123. The van der Waals surface area contributed by atoms with Crippen LogP contribution in [0.25, 0.3) is 0 Å². The molecule has 0 atom stereocenters. The molecule has 0 bridgehead atoms. The molecule has 104 valence electrons. The van der Waals surface area contributed by atoms with Crippen LogP contribution in [-0.2, 0) is 6.54 Å². The highest BCUT2D eigenvalue weighted by Gasteiger charge is 2.15. The van der Waals surface area contributed by atoms with Gasteiger partial charge in [-0.15, -0.1) is 0 Å². The quantitative estimate of drug-likeness (QED) is 0.529. The van der Waals surface area contributed by atoms with Gasteiger partial charge in [0.2, 0.25) is 0 Å². The average molecular weight is 509 g/mol. The van der Waals surface area contributed by atoms with E-state index in [1.165, 1.54) is 0 Å². The van der Waals surface area contributed by atoms with Gasteiger partial charge in [0.05, 0.1) is 5.56 Å². The molecule has 1 amide bonds. The zero-order valence-corrected chi connectivity index (χ0v) is 16.1. The van der Waals surface area contributed by atoms with Gasteiger partial charge >= 0.3 is 0 Å². The Morgan fingerprint density at radius 1 is 1.15 bits per heavy atom. The average Bonchev–Trinajstić information content (AvgIpc) is 2.43. The van der Waals surface area contributed by atoms with Crippen molar-refractivity contribution in [3.63, 3.8) is 0 Å². The van der Waals surface area contributed by atoms with Gasteiger partial charge in [-0.2, -0.15) is 0 Å². The van der Waals surface area contributed by atoms with Gasteiger partial charge in [0.25, 0.3) is 5.91 Å². The molecule has 2 rings (SSSR count). The van der Waals surface area contributed by atoms with Crippen molar-refractivity contribution in [1.29, 1.82) is 0 Å². The Morgan fingerprint density at radius 3 is 2.45 bits per heavy atom. The van der Waals surface area contributed by atoms with E-state index in [9.17, 15) is 4.79 Å². The molecule has 0 N–H and O–H groups in total. The number of hydrogen-bond donors (Lipinski definition) is 0. The van der Waals surface area contributed by atoms with Gasteiger partial charge in [0.15, 0.2) is 0 Å². The first kappa shape index (κ1) is 16.0. The fraction of sp³-hybridized carbons (Fsp3) is 0.133. The van der Waals surface area contributed by atoms with Gasteiger partial charge in [-0.3, -0.25) is 4.79 Å². The minimum atomic E-state index is 0.0123. The first-order valence-corrected chi connectivity index (χ1v) is 8.59. The summed E-state index contributed by atoms with van der Waals surface area (Å²) in [4.78, 5) is 14.2. The second-order valence-electron chi connectivity index (χ2n) is 4.41. The van der Waals surface area contributed by atoms with E-state index in [0.717, 1.165) is 18.1 Å². The summed E-state index contributed by atoms with van der Waals surface area (Å²) >= 11 is 9.05. The lowest BCUT2D eigenvalue weighted by Crippen LogP contribution is -2.26. The van der Waals surface area contributed by atoms with Gasteiger partial charge in [-0.25, -0.2) is 0 Å². The van der Waals surface area contributed by atoms with Gasteiger partial charge in [-0.1, -0.05) is 28.1 Å². The predicted molar refractivity (Wildman–Crippen MR) is 96.8 cm³/mol. The van der Waals surface area contributed by atoms with Crippen molar-refractivity contribution in [2.45, 2.75) is 6.54 Å². The number of carbonyl (C=O) groups excluding carboxylic acids is 1. The SMILES string of the molecule is CN(Cc1ccc(Br)cc1)C(=O)c1cc(I)ccc1Br. The first-order chi connectivity index (χ1) is 9.47. The molecule has 2 nitrogen and oxygen atoms in total. The van der Waals surface area contributed by atoms with Gasteiger partial charge in [0.1, 0.15) is 0 Å². The van der Waals surface area contributed by atoms with E-state index >= 15 is 0 Å². The van der Waals surface area contributed by atoms with E-state index in [0.29, 0.717) is 12.1 Å². The summed E-state index contributed by atoms with van der Waals surface area (Å²) in [6.45, 7) is 0.587. The maximum Gasteiger partial charge on any atom is 0.255 e. The van der Waals surface area contributed by atoms with Crippen LogP contribution in [0.5, 0.6) is 0 Å².